The van der Waals surface area contributed by atoms with E-state index < -0.39 is 12.0 Å². The van der Waals surface area contributed by atoms with E-state index in [1.165, 1.54) is 23.9 Å². The van der Waals surface area contributed by atoms with Crippen LogP contribution in [-0.2, 0) is 11.2 Å². The van der Waals surface area contributed by atoms with Crippen LogP contribution in [0.4, 0.5) is 0 Å². The fourth-order valence-electron chi connectivity index (χ4n) is 1.60. The summed E-state index contributed by atoms with van der Waals surface area (Å²) >= 11 is 1.33. The van der Waals surface area contributed by atoms with Crippen molar-refractivity contribution in [1.29, 1.82) is 0 Å². The molecule has 1 unspecified atom stereocenters. The Morgan fingerprint density at radius 1 is 1.53 bits per heavy atom. The maximum Gasteiger partial charge on any atom is 0.326 e. The third kappa shape index (κ3) is 3.41. The van der Waals surface area contributed by atoms with Crippen LogP contribution >= 0.6 is 11.3 Å². The summed E-state index contributed by atoms with van der Waals surface area (Å²) in [6, 6.07) is 2.53. The molecule has 0 fully saturated rings. The lowest BCUT2D eigenvalue weighted by Gasteiger charge is -2.12. The van der Waals surface area contributed by atoms with E-state index in [-0.39, 0.29) is 12.3 Å². The molecule has 2 heterocycles. The summed E-state index contributed by atoms with van der Waals surface area (Å²) in [5, 5.41) is 11.6. The number of aryl methyl sites for hydroxylation is 1. The monoisotopic (exact) mass is 279 g/mol. The van der Waals surface area contributed by atoms with Gasteiger partial charge in [0.05, 0.1) is 11.2 Å². The first kappa shape index (κ1) is 13.3. The molecule has 3 N–H and O–H groups in total. The summed E-state index contributed by atoms with van der Waals surface area (Å²) in [7, 11) is 0. The first-order valence-corrected chi connectivity index (χ1v) is 6.45. The van der Waals surface area contributed by atoms with Crippen LogP contribution < -0.4 is 5.32 Å². The van der Waals surface area contributed by atoms with Gasteiger partial charge in [-0.2, -0.15) is 0 Å². The van der Waals surface area contributed by atoms with Crippen molar-refractivity contribution >= 4 is 23.2 Å². The van der Waals surface area contributed by atoms with Gasteiger partial charge < -0.3 is 15.4 Å². The molecule has 2 aromatic heterocycles. The van der Waals surface area contributed by atoms with Crippen molar-refractivity contribution in [2.45, 2.75) is 19.4 Å². The summed E-state index contributed by atoms with van der Waals surface area (Å²) in [5.74, 6) is -1.44. The lowest BCUT2D eigenvalue weighted by molar-refractivity contribution is -0.139. The van der Waals surface area contributed by atoms with Gasteiger partial charge in [0.1, 0.15) is 6.04 Å². The Labute approximate surface area is 113 Å². The molecule has 0 bridgehead atoms. The standard InChI is InChI=1S/C12H13N3O3S/c1-7-2-3-10(19-7)11(16)15-9(12(17)18)4-8-5-13-6-14-8/h2-3,5-6,9H,4H2,1H3,(H,13,14)(H,15,16)(H,17,18). The minimum Gasteiger partial charge on any atom is -0.480 e. The minimum atomic E-state index is -1.07. The topological polar surface area (TPSA) is 95.1 Å². The van der Waals surface area contributed by atoms with E-state index in [4.69, 9.17) is 5.11 Å². The Hall–Kier alpha value is -2.15. The Morgan fingerprint density at radius 3 is 2.84 bits per heavy atom. The van der Waals surface area contributed by atoms with Crippen molar-refractivity contribution in [2.75, 3.05) is 0 Å². The highest BCUT2D eigenvalue weighted by atomic mass is 32.1. The van der Waals surface area contributed by atoms with Crippen molar-refractivity contribution in [3.63, 3.8) is 0 Å². The number of aromatic amines is 1. The van der Waals surface area contributed by atoms with Crippen molar-refractivity contribution < 1.29 is 14.7 Å². The third-order valence-electron chi connectivity index (χ3n) is 2.55. The molecule has 19 heavy (non-hydrogen) atoms. The molecule has 6 nitrogen and oxygen atoms in total. The van der Waals surface area contributed by atoms with Gasteiger partial charge in [-0.25, -0.2) is 9.78 Å². The number of hydrogen-bond donors (Lipinski definition) is 3. The second-order valence-corrected chi connectivity index (χ2v) is 5.34. The number of nitrogens with zero attached hydrogens (tertiary/aromatic N) is 1. The number of aromatic nitrogens is 2. The first-order valence-electron chi connectivity index (χ1n) is 5.63. The molecule has 2 rings (SSSR count). The normalized spacial score (nSPS) is 12.1. The Bertz CT molecular complexity index is 577. The molecule has 100 valence electrons. The van der Waals surface area contributed by atoms with Crippen LogP contribution in [0.3, 0.4) is 0 Å². The summed E-state index contributed by atoms with van der Waals surface area (Å²) in [6.07, 6.45) is 3.18. The predicted octanol–water partition coefficient (Wildman–Crippen LogP) is 1.21. The highest BCUT2D eigenvalue weighted by Gasteiger charge is 2.22. The Kier molecular flexibility index (Phi) is 3.96. The minimum absolute atomic E-state index is 0.172. The molecule has 0 aromatic carbocycles. The van der Waals surface area contributed by atoms with Gasteiger partial charge in [-0.3, -0.25) is 4.79 Å². The van der Waals surface area contributed by atoms with Gasteiger partial charge in [0.2, 0.25) is 0 Å². The summed E-state index contributed by atoms with van der Waals surface area (Å²) in [4.78, 5) is 31.2. The van der Waals surface area contributed by atoms with Gasteiger partial charge in [-0.1, -0.05) is 0 Å². The number of carbonyl (C=O) groups excluding carboxylic acids is 1. The van der Waals surface area contributed by atoms with Gasteiger partial charge in [0.15, 0.2) is 0 Å². The molecule has 0 saturated carbocycles. The fourth-order valence-corrected chi connectivity index (χ4v) is 2.37. The predicted molar refractivity (Wildman–Crippen MR) is 70.2 cm³/mol. The number of H-pyrrole nitrogens is 1. The second kappa shape index (κ2) is 5.66. The summed E-state index contributed by atoms with van der Waals surface area (Å²) < 4.78 is 0. The lowest BCUT2D eigenvalue weighted by atomic mass is 10.1. The molecule has 7 heteroatoms. The van der Waals surface area contributed by atoms with Crippen LogP contribution in [0.5, 0.6) is 0 Å². The maximum absolute atomic E-state index is 11.9. The summed E-state index contributed by atoms with van der Waals surface area (Å²) in [5.41, 5.74) is 0.662. The van der Waals surface area contributed by atoms with Crippen LogP contribution in [0.25, 0.3) is 0 Å². The molecular weight excluding hydrogens is 266 g/mol. The van der Waals surface area contributed by atoms with Crippen LogP contribution in [0.15, 0.2) is 24.7 Å². The number of carboxylic acids is 1. The number of carboxylic acid groups (broad SMARTS) is 1. The van der Waals surface area contributed by atoms with E-state index >= 15 is 0 Å². The zero-order valence-corrected chi connectivity index (χ0v) is 11.0. The van der Waals surface area contributed by atoms with Gasteiger partial charge in [0.25, 0.3) is 5.91 Å². The zero-order valence-electron chi connectivity index (χ0n) is 10.2. The van der Waals surface area contributed by atoms with Crippen LogP contribution in [-0.4, -0.2) is 33.0 Å². The van der Waals surface area contributed by atoms with Crippen LogP contribution in [0.2, 0.25) is 0 Å². The quantitative estimate of drug-likeness (QED) is 0.766. The molecule has 0 aliphatic heterocycles. The number of amides is 1. The van der Waals surface area contributed by atoms with Gasteiger partial charge in [0, 0.05) is 23.2 Å². The van der Waals surface area contributed by atoms with Crippen molar-refractivity contribution in [3.05, 3.63) is 40.1 Å². The molecule has 0 aliphatic carbocycles. The number of aliphatic carboxylic acids is 1. The van der Waals surface area contributed by atoms with Crippen LogP contribution in [0, 0.1) is 6.92 Å². The average Bonchev–Trinajstić information content (AvgIpc) is 2.99. The van der Waals surface area contributed by atoms with Gasteiger partial charge in [-0.15, -0.1) is 11.3 Å². The van der Waals surface area contributed by atoms with Crippen molar-refractivity contribution in [3.8, 4) is 0 Å². The Morgan fingerprint density at radius 2 is 2.32 bits per heavy atom. The van der Waals surface area contributed by atoms with E-state index in [9.17, 15) is 9.59 Å². The maximum atomic E-state index is 11.9. The number of hydrogen-bond acceptors (Lipinski definition) is 4. The fraction of sp³-hybridized carbons (Fsp3) is 0.250. The lowest BCUT2D eigenvalue weighted by Crippen LogP contribution is -2.42. The number of rotatable bonds is 5. The Balaban J connectivity index is 2.04. The molecule has 0 spiro atoms. The van der Waals surface area contributed by atoms with Gasteiger partial charge >= 0.3 is 5.97 Å². The number of thiophene rings is 1. The van der Waals surface area contributed by atoms with Crippen molar-refractivity contribution in [2.24, 2.45) is 0 Å². The van der Waals surface area contributed by atoms with E-state index in [0.717, 1.165) is 4.88 Å². The van der Waals surface area contributed by atoms with E-state index in [1.807, 2.05) is 13.0 Å². The highest BCUT2D eigenvalue weighted by molar-refractivity contribution is 7.13. The zero-order chi connectivity index (χ0) is 13.8. The molecule has 0 radical (unpaired) electrons. The molecule has 1 amide bonds. The SMILES string of the molecule is Cc1ccc(C(=O)NC(Cc2cnc[nH]2)C(=O)O)s1. The smallest absolute Gasteiger partial charge is 0.326 e. The molecule has 2 aromatic rings. The molecule has 0 saturated heterocycles. The van der Waals surface area contributed by atoms with Crippen molar-refractivity contribution in [1.82, 2.24) is 15.3 Å². The highest BCUT2D eigenvalue weighted by Crippen LogP contribution is 2.15. The van der Waals surface area contributed by atoms with Crippen LogP contribution in [0.1, 0.15) is 20.2 Å². The molecule has 1 atom stereocenters. The number of imidazole rings is 1. The number of carbonyl (C=O) groups is 2. The molecule has 0 aliphatic rings. The third-order valence-corrected chi connectivity index (χ3v) is 3.55. The summed E-state index contributed by atoms with van der Waals surface area (Å²) in [6.45, 7) is 1.89. The molecular formula is C12H13N3O3S. The number of nitrogens with one attached hydrogen (secondary N) is 2. The van der Waals surface area contributed by atoms with E-state index in [2.05, 4.69) is 15.3 Å². The van der Waals surface area contributed by atoms with E-state index in [1.54, 1.807) is 6.07 Å². The second-order valence-electron chi connectivity index (χ2n) is 4.06. The van der Waals surface area contributed by atoms with Gasteiger partial charge in [-0.05, 0) is 19.1 Å². The largest absolute Gasteiger partial charge is 0.480 e. The first-order chi connectivity index (χ1) is 9.06. The van der Waals surface area contributed by atoms with E-state index in [0.29, 0.717) is 10.6 Å². The average molecular weight is 279 g/mol.